The highest BCUT2D eigenvalue weighted by molar-refractivity contribution is 8.76. The topological polar surface area (TPSA) is 644 Å². The number of rotatable bonds is 44. The fraction of sp³-hybridized carbons (Fsp3) is 0.678. The number of aromatic amines is 1. The second-order valence-corrected chi connectivity index (χ2v) is 37.4. The smallest absolute Gasteiger partial charge is 0.332 e. The number of ether oxygens (including phenoxy) is 2. The normalized spacial score (nSPS) is 22.9. The molecule has 726 valence electrons. The molecule has 6 aliphatic rings. The number of ketones is 4. The molecule has 14 atom stereocenters. The second-order valence-electron chi connectivity index (χ2n) is 34.9. The number of Topliss-reactive ketones (excluding diaryl/α,β-unsaturated/α-hetero) is 4. The van der Waals surface area contributed by atoms with E-state index in [-0.39, 0.29) is 229 Å². The maximum Gasteiger partial charge on any atom is 0.332 e. The molecule has 45 heteroatoms. The van der Waals surface area contributed by atoms with Crippen LogP contribution in [0.3, 0.4) is 0 Å². The lowest BCUT2D eigenvalue weighted by molar-refractivity contribution is -0.151. The number of hydrogen-bond donors (Lipinski definition) is 14. The van der Waals surface area contributed by atoms with Crippen molar-refractivity contribution >= 4 is 134 Å². The number of carbonyl (C=O) groups is 17. The van der Waals surface area contributed by atoms with Gasteiger partial charge in [0.25, 0.3) is 0 Å². The number of hydrogen-bond acceptors (Lipinski definition) is 26. The predicted octanol–water partition coefficient (Wildman–Crippen LogP) is 0.200. The molecule has 132 heavy (non-hydrogen) atoms. The van der Waals surface area contributed by atoms with Crippen LogP contribution in [-0.2, 0) is 104 Å². The zero-order valence-corrected chi connectivity index (χ0v) is 77.1. The van der Waals surface area contributed by atoms with E-state index in [9.17, 15) is 62.6 Å². The summed E-state index contributed by atoms with van der Waals surface area (Å²) in [5.41, 5.74) is 32.2. The number of azide groups is 1. The van der Waals surface area contributed by atoms with Gasteiger partial charge in [0.2, 0.25) is 65.0 Å². The van der Waals surface area contributed by atoms with Crippen molar-refractivity contribution in [2.45, 2.75) is 235 Å². The molecule has 2 unspecified atom stereocenters. The Balaban J connectivity index is 1.10. The molecule has 43 nitrogen and oxygen atoms in total. The van der Waals surface area contributed by atoms with Gasteiger partial charge in [-0.3, -0.25) is 86.8 Å². The Hall–Kier alpha value is -11.3. The van der Waals surface area contributed by atoms with Crippen molar-refractivity contribution < 1.29 is 96.1 Å². The van der Waals surface area contributed by atoms with Crippen LogP contribution in [0.15, 0.2) is 58.0 Å². The number of piperazine rings is 1. The van der Waals surface area contributed by atoms with Gasteiger partial charge in [-0.05, 0) is 126 Å². The molecule has 2 aromatic rings. The van der Waals surface area contributed by atoms with Gasteiger partial charge in [-0.1, -0.05) is 83.7 Å². The maximum atomic E-state index is 16.6. The number of guanidine groups is 2. The number of carbonyl (C=O) groups excluding carboxylic acids is 16. The minimum Gasteiger partial charge on any atom is -0.480 e. The number of unbranched alkanes of at least 4 members (excludes halogenated alkanes) is 3. The summed E-state index contributed by atoms with van der Waals surface area (Å²) < 4.78 is 10.4. The van der Waals surface area contributed by atoms with E-state index in [1.165, 1.54) is 29.4 Å². The molecule has 2 bridgehead atoms. The van der Waals surface area contributed by atoms with E-state index in [0.29, 0.717) is 56.3 Å². The number of H-pyrrole nitrogens is 1. The Morgan fingerprint density at radius 3 is 2.15 bits per heavy atom. The fourth-order valence-electron chi connectivity index (χ4n) is 17.5. The number of amides is 11. The van der Waals surface area contributed by atoms with Crippen molar-refractivity contribution in [3.63, 3.8) is 0 Å². The van der Waals surface area contributed by atoms with E-state index < -0.39 is 192 Å². The first-order valence-electron chi connectivity index (χ1n) is 45.6. The average Bonchev–Trinajstić information content (AvgIpc) is 1.81. The van der Waals surface area contributed by atoms with Crippen molar-refractivity contribution in [3.8, 4) is 0 Å². The molecule has 6 heterocycles. The number of nitrogens with zero attached hydrogens (tertiary/aromatic N) is 10. The van der Waals surface area contributed by atoms with Crippen LogP contribution in [0.4, 0.5) is 0 Å². The summed E-state index contributed by atoms with van der Waals surface area (Å²) in [6.45, 7) is 3.66. The molecule has 5 saturated heterocycles. The fourth-order valence-corrected chi connectivity index (χ4v) is 19.9. The highest BCUT2D eigenvalue weighted by atomic mass is 33.1. The molecule has 18 N–H and O–H groups in total. The van der Waals surface area contributed by atoms with Gasteiger partial charge in [-0.15, -0.1) is 0 Å². The number of nitrogens with two attached hydrogens (primary N) is 4. The molecule has 8 rings (SSSR count). The maximum absolute atomic E-state index is 16.6. The lowest BCUT2D eigenvalue weighted by Gasteiger charge is -2.40. The average molecular weight is 1880 g/mol. The SMILES string of the molecule is COCC(=O)OCC1CN(C(=O)CCCCCN=[N+]=[N-])CCN1CC(=O)NCCCC[C@@H]1NC(=O)[C@H](Cc2cnc[nH]2)C2CCC[C@H](CC(=O)[C@@H]3CCCN3C(=O)CNC1=O)C(=O)N[C@H](C(=O)N[C@@H](Cc1ccccc1)C(=O)O)CSSC[C@H](NC(=O)[C@@H](CC(=O)[C@H](CCCN=C(N)N)NC(=O)[C@@H]1CCCN1C(=O)[C@H](CCCN=C(N)N)NC(=O)[C@@H]1CCC(=O)C1)CC(C)C)C2=O. The van der Waals surface area contributed by atoms with Crippen LogP contribution in [0.25, 0.3) is 10.4 Å². The molecule has 1 aromatic carbocycles. The molecule has 5 aliphatic heterocycles. The molecular formula is C87H131N23O20S2. The van der Waals surface area contributed by atoms with Crippen molar-refractivity contribution in [2.75, 3.05) is 104 Å². The second kappa shape index (κ2) is 55.3. The number of esters is 1. The van der Waals surface area contributed by atoms with E-state index in [1.807, 2.05) is 0 Å². The number of likely N-dealkylation sites (tertiary alicyclic amines) is 1. The summed E-state index contributed by atoms with van der Waals surface area (Å²) in [4.78, 5) is 270. The number of methoxy groups -OCH3 is 1. The number of aromatic nitrogens is 2. The number of benzene rings is 1. The van der Waals surface area contributed by atoms with Gasteiger partial charge in [-0.2, -0.15) is 0 Å². The van der Waals surface area contributed by atoms with E-state index >= 15 is 24.0 Å². The highest BCUT2D eigenvalue weighted by Gasteiger charge is 2.46. The van der Waals surface area contributed by atoms with Crippen LogP contribution in [0.2, 0.25) is 0 Å². The Bertz CT molecular complexity index is 4400. The number of carboxylic acids is 1. The number of fused-ring (bicyclic) bond motifs is 5. The largest absolute Gasteiger partial charge is 0.480 e. The first-order chi connectivity index (χ1) is 63.3. The zero-order chi connectivity index (χ0) is 95.8. The van der Waals surface area contributed by atoms with Crippen molar-refractivity contribution in [1.82, 2.24) is 72.1 Å². The van der Waals surface area contributed by atoms with Crippen LogP contribution in [0.5, 0.6) is 0 Å². The molecule has 1 saturated carbocycles. The summed E-state index contributed by atoms with van der Waals surface area (Å²) in [6.07, 6.45) is 5.02. The van der Waals surface area contributed by atoms with E-state index in [4.69, 9.17) is 37.9 Å². The molecular weight excluding hydrogens is 1750 g/mol. The third kappa shape index (κ3) is 34.7. The van der Waals surface area contributed by atoms with Gasteiger partial charge in [0.15, 0.2) is 29.3 Å². The standard InChI is InChI=1S/C87H131N23O20S2/c1-52(2)37-56(41-70(112)62(22-13-30-95-86(88)89)100-83(125)69-25-16-34-110(69)84(126)64(23-14-31-96-87(90)91)102-78(120)55-27-28-59(111)39-55)79(121)104-66-49-131-132-50-67(82(124)103-65(85(127)128)38-53-17-6-4-7-18-53)105-77(119)54-19-12-20-60(76(66)118)61(42-57-43-93-51-98-57)80(122)101-63(81(123)97-44-74(116)109-33-15-24-68(109)71(113)40-54)21-9-11-29-94-72(114)46-107-35-36-108(45-58(107)47-130-75(117)48-129-3)73(115)26-8-5-10-32-99-106-92/h4,6-7,17-18,43,51-52,54-56,58,60-69H,5,8-16,19-42,44-50H2,1-3H3,(H,93,98)(H,94,114)(H,97,123)(H,100,125)(H,101,122)(H,102,120)(H,103,124)(H,104,121)(H,105,119)(H,127,128)(H4,88,89,95)(H4,90,91,96)/t54-,55-,56-,58?,60?,61-,62+,63+,64+,65+,66+,67+,68+,69+/m1/s1. The number of carboxylic acid groups (broad SMARTS) is 1. The third-order valence-corrected chi connectivity index (χ3v) is 26.9. The van der Waals surface area contributed by atoms with Gasteiger partial charge in [0.1, 0.15) is 49.2 Å². The van der Waals surface area contributed by atoms with Crippen LogP contribution in [-0.4, -0.2) is 305 Å². The quantitative estimate of drug-likeness (QED) is 0.00616. The minimum atomic E-state index is -1.57. The molecule has 1 aromatic heterocycles. The van der Waals surface area contributed by atoms with Gasteiger partial charge in [-0.25, -0.2) is 14.6 Å². The summed E-state index contributed by atoms with van der Waals surface area (Å²) >= 11 is 0. The van der Waals surface area contributed by atoms with Crippen LogP contribution >= 0.6 is 21.6 Å². The monoisotopic (exact) mass is 1880 g/mol. The molecule has 6 fully saturated rings. The lowest BCUT2D eigenvalue weighted by Crippen LogP contribution is -2.58. The van der Waals surface area contributed by atoms with Crippen LogP contribution < -0.4 is 65.5 Å². The minimum absolute atomic E-state index is 0.00390. The molecule has 1 aliphatic carbocycles. The number of nitrogens with one attached hydrogen (secondary N) is 9. The number of imidazole rings is 1. The van der Waals surface area contributed by atoms with Crippen molar-refractivity contribution in [3.05, 3.63) is 64.6 Å². The summed E-state index contributed by atoms with van der Waals surface area (Å²) in [5.74, 6) is -18.7. The highest BCUT2D eigenvalue weighted by Crippen LogP contribution is 2.34. The van der Waals surface area contributed by atoms with Gasteiger partial charge >= 0.3 is 11.9 Å². The summed E-state index contributed by atoms with van der Waals surface area (Å²) in [7, 11) is 3.28. The number of aliphatic carboxylic acids is 1. The van der Waals surface area contributed by atoms with E-state index in [2.05, 4.69) is 72.5 Å². The van der Waals surface area contributed by atoms with E-state index in [1.54, 1.807) is 54.0 Å². The number of aliphatic imine (C=N–C) groups is 2. The predicted molar refractivity (Wildman–Crippen MR) is 487 cm³/mol. The Morgan fingerprint density at radius 1 is 0.742 bits per heavy atom. The molecule has 11 amide bonds. The Morgan fingerprint density at radius 2 is 1.46 bits per heavy atom. The van der Waals surface area contributed by atoms with Gasteiger partial charge < -0.3 is 99.7 Å². The first-order valence-corrected chi connectivity index (χ1v) is 48.1. The molecule has 0 radical (unpaired) electrons. The molecule has 0 spiro atoms. The first kappa shape index (κ1) is 106. The van der Waals surface area contributed by atoms with Crippen LogP contribution in [0.1, 0.15) is 179 Å². The zero-order valence-electron chi connectivity index (χ0n) is 75.5. The third-order valence-electron chi connectivity index (χ3n) is 24.5. The van der Waals surface area contributed by atoms with Gasteiger partial charge in [0, 0.05) is 163 Å². The Kier molecular flexibility index (Phi) is 44.4. The summed E-state index contributed by atoms with van der Waals surface area (Å²) in [5, 5.41) is 36.6. The van der Waals surface area contributed by atoms with Crippen molar-refractivity contribution in [1.29, 1.82) is 0 Å². The van der Waals surface area contributed by atoms with Crippen molar-refractivity contribution in [2.24, 2.45) is 73.5 Å². The lowest BCUT2D eigenvalue weighted by atomic mass is 9.78. The van der Waals surface area contributed by atoms with Gasteiger partial charge in [0.05, 0.1) is 49.5 Å². The van der Waals surface area contributed by atoms with Crippen LogP contribution in [0, 0.1) is 35.5 Å². The van der Waals surface area contributed by atoms with E-state index in [0.717, 1.165) is 21.6 Å². The summed E-state index contributed by atoms with van der Waals surface area (Å²) in [6, 6.07) is -2.84. The Labute approximate surface area is 774 Å².